The van der Waals surface area contributed by atoms with Crippen LogP contribution in [0.1, 0.15) is 16.8 Å². The number of hydrogen-bond donors (Lipinski definition) is 2. The molecule has 0 aliphatic rings. The zero-order valence-electron chi connectivity index (χ0n) is 11.4. The number of methoxy groups -OCH3 is 1. The highest BCUT2D eigenvalue weighted by molar-refractivity contribution is 7.80. The van der Waals surface area contributed by atoms with Gasteiger partial charge >= 0.3 is 0 Å². The lowest BCUT2D eigenvalue weighted by Crippen LogP contribution is -2.11. The van der Waals surface area contributed by atoms with Crippen molar-refractivity contribution >= 4 is 23.0 Å². The van der Waals surface area contributed by atoms with Gasteiger partial charge in [-0.25, -0.2) is 9.97 Å². The van der Waals surface area contributed by atoms with E-state index in [1.807, 2.05) is 31.2 Å². The molecule has 0 aliphatic carbocycles. The van der Waals surface area contributed by atoms with E-state index in [-0.39, 0.29) is 0 Å². The van der Waals surface area contributed by atoms with Gasteiger partial charge in [-0.05, 0) is 24.6 Å². The van der Waals surface area contributed by atoms with E-state index < -0.39 is 0 Å². The minimum atomic E-state index is 0.365. The molecule has 0 bridgehead atoms. The average molecular weight is 288 g/mol. The van der Waals surface area contributed by atoms with Crippen molar-refractivity contribution in [2.24, 2.45) is 5.73 Å². The maximum Gasteiger partial charge on any atom is 0.212 e. The van der Waals surface area contributed by atoms with Gasteiger partial charge in [-0.1, -0.05) is 18.3 Å². The molecule has 0 saturated heterocycles. The number of aromatic nitrogens is 2. The Labute approximate surface area is 123 Å². The lowest BCUT2D eigenvalue weighted by Gasteiger charge is -2.09. The molecule has 2 aromatic heterocycles. The first-order chi connectivity index (χ1) is 9.58. The SMILES string of the molecule is COc1ccc(CNc2cc(C(N)=S)cc(C)n2)cn1. The monoisotopic (exact) mass is 288 g/mol. The molecule has 2 rings (SSSR count). The van der Waals surface area contributed by atoms with E-state index in [0.717, 1.165) is 22.6 Å². The minimum Gasteiger partial charge on any atom is -0.481 e. The number of pyridine rings is 2. The van der Waals surface area contributed by atoms with Gasteiger partial charge in [0.15, 0.2) is 0 Å². The van der Waals surface area contributed by atoms with Crippen LogP contribution in [-0.4, -0.2) is 22.1 Å². The summed E-state index contributed by atoms with van der Waals surface area (Å²) in [6.45, 7) is 2.52. The minimum absolute atomic E-state index is 0.365. The molecule has 0 atom stereocenters. The fraction of sp³-hybridized carbons (Fsp3) is 0.214. The van der Waals surface area contributed by atoms with Gasteiger partial charge < -0.3 is 15.8 Å². The van der Waals surface area contributed by atoms with Gasteiger partial charge in [-0.2, -0.15) is 0 Å². The second-order valence-electron chi connectivity index (χ2n) is 4.31. The van der Waals surface area contributed by atoms with Gasteiger partial charge in [0.05, 0.1) is 7.11 Å². The van der Waals surface area contributed by atoms with E-state index in [1.165, 1.54) is 0 Å². The average Bonchev–Trinajstić information content (AvgIpc) is 2.45. The number of hydrogen-bond acceptors (Lipinski definition) is 5. The van der Waals surface area contributed by atoms with Gasteiger partial charge in [0.25, 0.3) is 0 Å². The van der Waals surface area contributed by atoms with Crippen LogP contribution in [0.25, 0.3) is 0 Å². The molecule has 0 radical (unpaired) electrons. The van der Waals surface area contributed by atoms with Crippen molar-refractivity contribution in [1.82, 2.24) is 9.97 Å². The number of anilines is 1. The second kappa shape index (κ2) is 6.29. The molecule has 104 valence electrons. The molecule has 0 spiro atoms. The number of nitrogens with two attached hydrogens (primary N) is 1. The first kappa shape index (κ1) is 14.2. The third-order valence-corrected chi connectivity index (χ3v) is 2.95. The predicted molar refractivity (Wildman–Crippen MR) is 83.0 cm³/mol. The standard InChI is InChI=1S/C14H16N4OS/c1-9-5-11(14(15)20)6-12(18-9)16-7-10-3-4-13(19-2)17-8-10/h3-6,8H,7H2,1-2H3,(H2,15,20)(H,16,18). The normalized spacial score (nSPS) is 10.1. The van der Waals surface area contributed by atoms with Crippen LogP contribution in [0.3, 0.4) is 0 Å². The topological polar surface area (TPSA) is 73.1 Å². The van der Waals surface area contributed by atoms with Crippen molar-refractivity contribution in [1.29, 1.82) is 0 Å². The fourth-order valence-electron chi connectivity index (χ4n) is 1.73. The molecular weight excluding hydrogens is 272 g/mol. The summed E-state index contributed by atoms with van der Waals surface area (Å²) in [5.74, 6) is 1.34. The smallest absolute Gasteiger partial charge is 0.212 e. The maximum absolute atomic E-state index is 5.64. The van der Waals surface area contributed by atoms with Crippen LogP contribution in [-0.2, 0) is 6.54 Å². The summed E-state index contributed by atoms with van der Waals surface area (Å²) in [6.07, 6.45) is 1.76. The molecule has 5 nitrogen and oxygen atoms in total. The molecule has 0 amide bonds. The number of aryl methyl sites for hydroxylation is 1. The summed E-state index contributed by atoms with van der Waals surface area (Å²) in [5.41, 5.74) is 8.35. The molecule has 2 heterocycles. The molecule has 0 aliphatic heterocycles. The molecular formula is C14H16N4OS. The van der Waals surface area contributed by atoms with Gasteiger partial charge in [0.2, 0.25) is 5.88 Å². The highest BCUT2D eigenvalue weighted by Crippen LogP contribution is 2.12. The zero-order valence-corrected chi connectivity index (χ0v) is 12.2. The van der Waals surface area contributed by atoms with Crippen LogP contribution in [0.2, 0.25) is 0 Å². The third kappa shape index (κ3) is 3.64. The van der Waals surface area contributed by atoms with Crippen molar-refractivity contribution < 1.29 is 4.74 Å². The van der Waals surface area contributed by atoms with Gasteiger partial charge in [0, 0.05) is 30.1 Å². The lowest BCUT2D eigenvalue weighted by atomic mass is 10.2. The summed E-state index contributed by atoms with van der Waals surface area (Å²) in [5, 5.41) is 3.23. The largest absolute Gasteiger partial charge is 0.481 e. The molecule has 0 fully saturated rings. The second-order valence-corrected chi connectivity index (χ2v) is 4.75. The van der Waals surface area contributed by atoms with E-state index >= 15 is 0 Å². The Morgan fingerprint density at radius 1 is 1.40 bits per heavy atom. The molecule has 2 aromatic rings. The number of ether oxygens (including phenoxy) is 1. The zero-order chi connectivity index (χ0) is 14.5. The van der Waals surface area contributed by atoms with Gasteiger partial charge in [-0.15, -0.1) is 0 Å². The molecule has 6 heteroatoms. The number of thiocarbonyl (C=S) groups is 1. The lowest BCUT2D eigenvalue weighted by molar-refractivity contribution is 0.397. The Hall–Kier alpha value is -2.21. The first-order valence-electron chi connectivity index (χ1n) is 6.10. The number of rotatable bonds is 5. The summed E-state index contributed by atoms with van der Waals surface area (Å²) in [4.78, 5) is 8.91. The Morgan fingerprint density at radius 2 is 2.20 bits per heavy atom. The van der Waals surface area contributed by atoms with Crippen LogP contribution >= 0.6 is 12.2 Å². The Balaban J connectivity index is 2.08. The van der Waals surface area contributed by atoms with Crippen LogP contribution in [0.5, 0.6) is 5.88 Å². The van der Waals surface area contributed by atoms with Crippen molar-refractivity contribution in [2.75, 3.05) is 12.4 Å². The van der Waals surface area contributed by atoms with Crippen molar-refractivity contribution in [3.63, 3.8) is 0 Å². The predicted octanol–water partition coefficient (Wildman–Crippen LogP) is 2.04. The maximum atomic E-state index is 5.64. The molecule has 0 aromatic carbocycles. The van der Waals surface area contributed by atoms with E-state index in [2.05, 4.69) is 15.3 Å². The summed E-state index contributed by atoms with van der Waals surface area (Å²) in [7, 11) is 1.59. The Bertz CT molecular complexity index is 613. The Morgan fingerprint density at radius 3 is 2.80 bits per heavy atom. The molecule has 3 N–H and O–H groups in total. The number of nitrogens with zero attached hydrogens (tertiary/aromatic N) is 2. The quantitative estimate of drug-likeness (QED) is 0.820. The van der Waals surface area contributed by atoms with Gasteiger partial charge in [0.1, 0.15) is 10.8 Å². The van der Waals surface area contributed by atoms with Crippen molar-refractivity contribution in [3.05, 3.63) is 47.3 Å². The van der Waals surface area contributed by atoms with Crippen molar-refractivity contribution in [3.8, 4) is 5.88 Å². The summed E-state index contributed by atoms with van der Waals surface area (Å²) in [6, 6.07) is 7.47. The van der Waals surface area contributed by atoms with Crippen molar-refractivity contribution in [2.45, 2.75) is 13.5 Å². The van der Waals surface area contributed by atoms with E-state index in [1.54, 1.807) is 13.3 Å². The molecule has 20 heavy (non-hydrogen) atoms. The summed E-state index contributed by atoms with van der Waals surface area (Å²) >= 11 is 4.98. The van der Waals surface area contributed by atoms with E-state index in [0.29, 0.717) is 17.4 Å². The van der Waals surface area contributed by atoms with Crippen LogP contribution < -0.4 is 15.8 Å². The fourth-order valence-corrected chi connectivity index (χ4v) is 1.85. The first-order valence-corrected chi connectivity index (χ1v) is 6.50. The molecule has 0 unspecified atom stereocenters. The third-order valence-electron chi connectivity index (χ3n) is 2.72. The number of nitrogens with one attached hydrogen (secondary N) is 1. The van der Waals surface area contributed by atoms with Crippen LogP contribution in [0, 0.1) is 6.92 Å². The van der Waals surface area contributed by atoms with Crippen LogP contribution in [0.15, 0.2) is 30.5 Å². The van der Waals surface area contributed by atoms with E-state index in [4.69, 9.17) is 22.7 Å². The summed E-state index contributed by atoms with van der Waals surface area (Å²) < 4.78 is 5.02. The van der Waals surface area contributed by atoms with E-state index in [9.17, 15) is 0 Å². The Kier molecular flexibility index (Phi) is 4.47. The van der Waals surface area contributed by atoms with Crippen LogP contribution in [0.4, 0.5) is 5.82 Å². The highest BCUT2D eigenvalue weighted by Gasteiger charge is 2.03. The molecule has 0 saturated carbocycles. The highest BCUT2D eigenvalue weighted by atomic mass is 32.1. The van der Waals surface area contributed by atoms with Gasteiger partial charge in [-0.3, -0.25) is 0 Å².